The zero-order valence-corrected chi connectivity index (χ0v) is 9.33. The van der Waals surface area contributed by atoms with Crippen molar-refractivity contribution in [3.05, 3.63) is 37.1 Å². The maximum absolute atomic E-state index is 11.7. The lowest BCUT2D eigenvalue weighted by Gasteiger charge is -2.07. The van der Waals surface area contributed by atoms with Gasteiger partial charge in [-0.05, 0) is 13.3 Å². The van der Waals surface area contributed by atoms with Crippen molar-refractivity contribution in [3.63, 3.8) is 0 Å². The molecule has 1 rings (SSSR count). The highest BCUT2D eigenvalue weighted by Gasteiger charge is 2.18. The van der Waals surface area contributed by atoms with Crippen molar-refractivity contribution in [3.8, 4) is 0 Å². The third kappa shape index (κ3) is 2.59. The summed E-state index contributed by atoms with van der Waals surface area (Å²) < 4.78 is 1.87. The summed E-state index contributed by atoms with van der Waals surface area (Å²) in [5.41, 5.74) is -2.17. The van der Waals surface area contributed by atoms with Crippen LogP contribution in [0.15, 0.2) is 15.8 Å². The number of rotatable bonds is 5. The van der Waals surface area contributed by atoms with E-state index in [0.717, 1.165) is 15.3 Å². The number of nitro groups is 1. The smallest absolute Gasteiger partial charge is 0.350 e. The van der Waals surface area contributed by atoms with Gasteiger partial charge in [0.2, 0.25) is 0 Å². The fraction of sp³-hybridized carbons (Fsp3) is 0.556. The molecule has 0 aliphatic rings. The highest BCUT2D eigenvalue weighted by Crippen LogP contribution is 2.00. The van der Waals surface area contributed by atoms with Gasteiger partial charge in [0.15, 0.2) is 0 Å². The standard InChI is InChI=1S/C9H13N3O5/c1-2-10-6-7(12(16)17)8(14)11(9(10)15)4-3-5-13/h6,13H,2-5H2,1H3. The second-order valence-electron chi connectivity index (χ2n) is 3.37. The van der Waals surface area contributed by atoms with Gasteiger partial charge in [0.1, 0.15) is 0 Å². The van der Waals surface area contributed by atoms with Crippen LogP contribution >= 0.6 is 0 Å². The fourth-order valence-corrected chi connectivity index (χ4v) is 1.42. The molecule has 0 bridgehead atoms. The van der Waals surface area contributed by atoms with Gasteiger partial charge in [-0.25, -0.2) is 4.79 Å². The molecule has 0 fully saturated rings. The molecule has 1 heterocycles. The average Bonchev–Trinajstić information content (AvgIpc) is 2.29. The number of aromatic nitrogens is 2. The van der Waals surface area contributed by atoms with E-state index >= 15 is 0 Å². The number of hydrogen-bond acceptors (Lipinski definition) is 5. The first kappa shape index (κ1) is 13.1. The van der Waals surface area contributed by atoms with Gasteiger partial charge >= 0.3 is 16.9 Å². The normalized spacial score (nSPS) is 10.5. The summed E-state index contributed by atoms with van der Waals surface area (Å²) in [6.07, 6.45) is 1.14. The molecule has 0 radical (unpaired) electrons. The summed E-state index contributed by atoms with van der Waals surface area (Å²) in [6, 6.07) is 0. The first-order chi connectivity index (χ1) is 8.02. The predicted octanol–water partition coefficient (Wildman–Crippen LogP) is -0.680. The summed E-state index contributed by atoms with van der Waals surface area (Å²) in [4.78, 5) is 33.2. The van der Waals surface area contributed by atoms with Crippen molar-refractivity contribution in [2.75, 3.05) is 6.61 Å². The highest BCUT2D eigenvalue weighted by atomic mass is 16.6. The van der Waals surface area contributed by atoms with E-state index in [4.69, 9.17) is 5.11 Å². The first-order valence-corrected chi connectivity index (χ1v) is 5.12. The monoisotopic (exact) mass is 243 g/mol. The molecule has 8 heteroatoms. The molecular formula is C9H13N3O5. The fourth-order valence-electron chi connectivity index (χ4n) is 1.42. The molecule has 0 amide bonds. The largest absolute Gasteiger partial charge is 0.396 e. The average molecular weight is 243 g/mol. The second-order valence-corrected chi connectivity index (χ2v) is 3.37. The minimum atomic E-state index is -0.932. The maximum atomic E-state index is 11.7. The first-order valence-electron chi connectivity index (χ1n) is 5.12. The zero-order chi connectivity index (χ0) is 13.0. The quantitative estimate of drug-likeness (QED) is 0.544. The van der Waals surface area contributed by atoms with Gasteiger partial charge in [0, 0.05) is 19.7 Å². The summed E-state index contributed by atoms with van der Waals surface area (Å²) >= 11 is 0. The van der Waals surface area contributed by atoms with Crippen LogP contribution in [-0.4, -0.2) is 25.8 Å². The second kappa shape index (κ2) is 5.39. The molecule has 1 N–H and O–H groups in total. The third-order valence-electron chi connectivity index (χ3n) is 2.30. The SMILES string of the molecule is CCn1cc([N+](=O)[O-])c(=O)n(CCCO)c1=O. The van der Waals surface area contributed by atoms with E-state index in [9.17, 15) is 19.7 Å². The Morgan fingerprint density at radius 1 is 1.47 bits per heavy atom. The number of nitrogens with zero attached hydrogens (tertiary/aromatic N) is 3. The lowest BCUT2D eigenvalue weighted by atomic mass is 10.4. The van der Waals surface area contributed by atoms with Gasteiger partial charge < -0.3 is 5.11 Å². The van der Waals surface area contributed by atoms with Crippen LogP contribution in [0.25, 0.3) is 0 Å². The van der Waals surface area contributed by atoms with Crippen molar-refractivity contribution in [2.24, 2.45) is 0 Å². The van der Waals surface area contributed by atoms with Crippen LogP contribution in [-0.2, 0) is 13.1 Å². The minimum absolute atomic E-state index is 0.0319. The lowest BCUT2D eigenvalue weighted by Crippen LogP contribution is -2.40. The Morgan fingerprint density at radius 3 is 2.59 bits per heavy atom. The van der Waals surface area contributed by atoms with E-state index in [-0.39, 0.29) is 26.1 Å². The van der Waals surface area contributed by atoms with E-state index in [1.54, 1.807) is 6.92 Å². The molecule has 1 aromatic heterocycles. The molecule has 1 aromatic rings. The van der Waals surface area contributed by atoms with Crippen LogP contribution in [0.2, 0.25) is 0 Å². The Labute approximate surface area is 95.9 Å². The Kier molecular flexibility index (Phi) is 4.16. The molecule has 0 aliphatic heterocycles. The number of aliphatic hydroxyl groups is 1. The Balaban J connectivity index is 3.45. The Bertz CT molecular complexity index is 530. The zero-order valence-electron chi connectivity index (χ0n) is 9.33. The summed E-state index contributed by atoms with van der Waals surface area (Å²) in [7, 11) is 0. The lowest BCUT2D eigenvalue weighted by molar-refractivity contribution is -0.387. The Hall–Kier alpha value is -1.96. The van der Waals surface area contributed by atoms with Gasteiger partial charge in [-0.1, -0.05) is 0 Å². The molecule has 94 valence electrons. The van der Waals surface area contributed by atoms with E-state index in [0.29, 0.717) is 0 Å². The van der Waals surface area contributed by atoms with Gasteiger partial charge in [0.05, 0.1) is 11.1 Å². The molecule has 0 atom stereocenters. The van der Waals surface area contributed by atoms with Crippen molar-refractivity contribution in [1.82, 2.24) is 9.13 Å². The van der Waals surface area contributed by atoms with Gasteiger partial charge in [0.25, 0.3) is 0 Å². The molecular weight excluding hydrogens is 230 g/mol. The van der Waals surface area contributed by atoms with E-state index < -0.39 is 21.9 Å². The van der Waals surface area contributed by atoms with E-state index in [2.05, 4.69) is 0 Å². The van der Waals surface area contributed by atoms with Crippen LogP contribution in [0.1, 0.15) is 13.3 Å². The number of aryl methyl sites for hydroxylation is 1. The molecule has 0 aromatic carbocycles. The van der Waals surface area contributed by atoms with Crippen LogP contribution in [0.5, 0.6) is 0 Å². The minimum Gasteiger partial charge on any atom is -0.396 e. The molecule has 0 spiro atoms. The molecule has 17 heavy (non-hydrogen) atoms. The molecule has 0 aliphatic carbocycles. The third-order valence-corrected chi connectivity index (χ3v) is 2.30. The summed E-state index contributed by atoms with van der Waals surface area (Å²) in [5.74, 6) is 0. The maximum Gasteiger partial charge on any atom is 0.350 e. The summed E-state index contributed by atoms with van der Waals surface area (Å²) in [6.45, 7) is 1.65. The van der Waals surface area contributed by atoms with Crippen LogP contribution in [0.3, 0.4) is 0 Å². The van der Waals surface area contributed by atoms with Gasteiger partial charge in [-0.2, -0.15) is 0 Å². The summed E-state index contributed by atoms with van der Waals surface area (Å²) in [5, 5.41) is 19.3. The van der Waals surface area contributed by atoms with Crippen LogP contribution in [0.4, 0.5) is 5.69 Å². The van der Waals surface area contributed by atoms with E-state index in [1.165, 1.54) is 0 Å². The highest BCUT2D eigenvalue weighted by molar-refractivity contribution is 5.21. The van der Waals surface area contributed by atoms with Gasteiger partial charge in [-0.3, -0.25) is 24.0 Å². The molecule has 0 unspecified atom stereocenters. The van der Waals surface area contributed by atoms with Crippen LogP contribution < -0.4 is 11.2 Å². The molecule has 8 nitrogen and oxygen atoms in total. The topological polar surface area (TPSA) is 107 Å². The van der Waals surface area contributed by atoms with Gasteiger partial charge in [-0.15, -0.1) is 0 Å². The molecule has 0 saturated carbocycles. The Morgan fingerprint density at radius 2 is 2.12 bits per heavy atom. The number of aliphatic hydroxyl groups excluding tert-OH is 1. The van der Waals surface area contributed by atoms with Crippen LogP contribution in [0, 0.1) is 10.1 Å². The predicted molar refractivity (Wildman–Crippen MR) is 59.0 cm³/mol. The van der Waals surface area contributed by atoms with Crippen molar-refractivity contribution in [1.29, 1.82) is 0 Å². The van der Waals surface area contributed by atoms with Crippen molar-refractivity contribution < 1.29 is 10.0 Å². The van der Waals surface area contributed by atoms with E-state index in [1.807, 2.05) is 0 Å². The van der Waals surface area contributed by atoms with Crippen molar-refractivity contribution >= 4 is 5.69 Å². The molecule has 0 saturated heterocycles. The van der Waals surface area contributed by atoms with Crippen molar-refractivity contribution in [2.45, 2.75) is 26.4 Å². The number of hydrogen-bond donors (Lipinski definition) is 1.